The lowest BCUT2D eigenvalue weighted by Gasteiger charge is -2.29. The van der Waals surface area contributed by atoms with Gasteiger partial charge in [-0.15, -0.1) is 0 Å². The van der Waals surface area contributed by atoms with E-state index in [1.165, 1.54) is 23.7 Å². The molecule has 1 heterocycles. The normalized spacial score (nSPS) is 18.7. The van der Waals surface area contributed by atoms with E-state index in [0.29, 0.717) is 6.79 Å². The highest BCUT2D eigenvalue weighted by Gasteiger charge is 2.24. The average Bonchev–Trinajstić information content (AvgIpc) is 2.98. The minimum absolute atomic E-state index is 0.274. The maximum atomic E-state index is 4.54. The van der Waals surface area contributed by atoms with Crippen molar-refractivity contribution >= 4 is 5.57 Å². The Balaban J connectivity index is 0.000000224. The first kappa shape index (κ1) is 13.5. The van der Waals surface area contributed by atoms with E-state index in [2.05, 4.69) is 71.9 Å². The second-order valence-corrected chi connectivity index (χ2v) is 5.19. The molecule has 0 fully saturated rings. The van der Waals surface area contributed by atoms with Crippen LogP contribution in [0.3, 0.4) is 0 Å². The highest BCUT2D eigenvalue weighted by molar-refractivity contribution is 5.72. The summed E-state index contributed by atoms with van der Waals surface area (Å²) in [5.74, 6) is 0. The zero-order valence-corrected chi connectivity index (χ0v) is 11.5. The standard InChI is InChI=1S/C14H16.C3H4O2/c1-14(2)11-7-6-10-13(14)12-8-4-3-5-9-12;1-2-5-3-4-1/h3-10H,11H2,1-2H3;1-2H,3H2. The van der Waals surface area contributed by atoms with Gasteiger partial charge in [-0.3, -0.25) is 0 Å². The molecule has 0 atom stereocenters. The van der Waals surface area contributed by atoms with Gasteiger partial charge in [0.1, 0.15) is 12.5 Å². The molecule has 3 rings (SSSR count). The molecule has 19 heavy (non-hydrogen) atoms. The zero-order chi connectivity index (χ0) is 13.6. The van der Waals surface area contributed by atoms with E-state index >= 15 is 0 Å². The zero-order valence-electron chi connectivity index (χ0n) is 11.5. The fourth-order valence-electron chi connectivity index (χ4n) is 2.16. The summed E-state index contributed by atoms with van der Waals surface area (Å²) in [5.41, 5.74) is 3.07. The SMILES string of the molecule is C1=COCO1.CC1(C)CC=CC=C1c1ccccc1. The van der Waals surface area contributed by atoms with Crippen molar-refractivity contribution in [1.82, 2.24) is 0 Å². The molecule has 1 aromatic carbocycles. The van der Waals surface area contributed by atoms with E-state index < -0.39 is 0 Å². The number of allylic oxidation sites excluding steroid dienone is 4. The molecule has 1 aromatic rings. The molecule has 0 spiro atoms. The van der Waals surface area contributed by atoms with Crippen LogP contribution >= 0.6 is 0 Å². The molecular weight excluding hydrogens is 236 g/mol. The molecule has 0 saturated heterocycles. The number of benzene rings is 1. The molecule has 0 bridgehead atoms. The van der Waals surface area contributed by atoms with E-state index in [9.17, 15) is 0 Å². The first-order chi connectivity index (χ1) is 9.20. The van der Waals surface area contributed by atoms with Crippen molar-refractivity contribution < 1.29 is 9.47 Å². The number of hydrogen-bond acceptors (Lipinski definition) is 2. The first-order valence-electron chi connectivity index (χ1n) is 6.51. The second-order valence-electron chi connectivity index (χ2n) is 5.19. The summed E-state index contributed by atoms with van der Waals surface area (Å²) >= 11 is 0. The molecule has 0 amide bonds. The average molecular weight is 256 g/mol. The third-order valence-corrected chi connectivity index (χ3v) is 3.23. The van der Waals surface area contributed by atoms with Crippen LogP contribution in [0.2, 0.25) is 0 Å². The van der Waals surface area contributed by atoms with Gasteiger partial charge < -0.3 is 9.47 Å². The molecule has 1 aliphatic heterocycles. The third-order valence-electron chi connectivity index (χ3n) is 3.23. The molecule has 100 valence electrons. The van der Waals surface area contributed by atoms with Gasteiger partial charge in [-0.2, -0.15) is 0 Å². The smallest absolute Gasteiger partial charge is 0.229 e. The van der Waals surface area contributed by atoms with Gasteiger partial charge in [0.2, 0.25) is 6.79 Å². The molecule has 2 heteroatoms. The Kier molecular flexibility index (Phi) is 4.45. The van der Waals surface area contributed by atoms with Crippen LogP contribution in [0.5, 0.6) is 0 Å². The molecule has 0 radical (unpaired) electrons. The van der Waals surface area contributed by atoms with Crippen molar-refractivity contribution in [3.05, 3.63) is 66.6 Å². The van der Waals surface area contributed by atoms with Crippen molar-refractivity contribution in [1.29, 1.82) is 0 Å². The molecule has 0 unspecified atom stereocenters. The lowest BCUT2D eigenvalue weighted by molar-refractivity contribution is 0.0920. The van der Waals surface area contributed by atoms with Crippen LogP contribution in [0.25, 0.3) is 5.57 Å². The molecule has 2 aliphatic rings. The number of rotatable bonds is 1. The van der Waals surface area contributed by atoms with Crippen molar-refractivity contribution in [2.75, 3.05) is 6.79 Å². The van der Waals surface area contributed by atoms with Gasteiger partial charge in [0, 0.05) is 0 Å². The Hall–Kier alpha value is -1.96. The Morgan fingerprint density at radius 1 is 1.00 bits per heavy atom. The van der Waals surface area contributed by atoms with Crippen LogP contribution in [0.1, 0.15) is 25.8 Å². The van der Waals surface area contributed by atoms with Crippen LogP contribution in [0.15, 0.2) is 61.1 Å². The van der Waals surface area contributed by atoms with Crippen molar-refractivity contribution in [2.24, 2.45) is 5.41 Å². The van der Waals surface area contributed by atoms with Crippen molar-refractivity contribution in [3.63, 3.8) is 0 Å². The van der Waals surface area contributed by atoms with Crippen LogP contribution in [-0.2, 0) is 9.47 Å². The molecular formula is C17H20O2. The Labute approximate surface area is 115 Å². The van der Waals surface area contributed by atoms with Gasteiger partial charge in [0.15, 0.2) is 0 Å². The van der Waals surface area contributed by atoms with Gasteiger partial charge in [-0.05, 0) is 23.0 Å². The van der Waals surface area contributed by atoms with Gasteiger partial charge >= 0.3 is 0 Å². The maximum Gasteiger partial charge on any atom is 0.229 e. The van der Waals surface area contributed by atoms with E-state index in [-0.39, 0.29) is 5.41 Å². The molecule has 1 aliphatic carbocycles. The largest absolute Gasteiger partial charge is 0.462 e. The quantitative estimate of drug-likeness (QED) is 0.735. The van der Waals surface area contributed by atoms with Gasteiger partial charge in [0.05, 0.1) is 0 Å². The highest BCUT2D eigenvalue weighted by atomic mass is 16.7. The van der Waals surface area contributed by atoms with Crippen molar-refractivity contribution in [2.45, 2.75) is 20.3 Å². The lowest BCUT2D eigenvalue weighted by Crippen LogP contribution is -2.14. The maximum absolute atomic E-state index is 4.54. The number of hydrogen-bond donors (Lipinski definition) is 0. The van der Waals surface area contributed by atoms with Crippen LogP contribution in [0.4, 0.5) is 0 Å². The third kappa shape index (κ3) is 3.75. The predicted molar refractivity (Wildman–Crippen MR) is 78.1 cm³/mol. The van der Waals surface area contributed by atoms with Crippen LogP contribution < -0.4 is 0 Å². The van der Waals surface area contributed by atoms with E-state index in [0.717, 1.165) is 6.42 Å². The highest BCUT2D eigenvalue weighted by Crippen LogP contribution is 2.39. The summed E-state index contributed by atoms with van der Waals surface area (Å²) in [7, 11) is 0. The number of ether oxygens (including phenoxy) is 2. The molecule has 0 aromatic heterocycles. The molecule has 0 N–H and O–H groups in total. The first-order valence-corrected chi connectivity index (χ1v) is 6.51. The van der Waals surface area contributed by atoms with Crippen molar-refractivity contribution in [3.8, 4) is 0 Å². The summed E-state index contributed by atoms with van der Waals surface area (Å²) in [5, 5.41) is 0. The van der Waals surface area contributed by atoms with E-state index in [4.69, 9.17) is 0 Å². The fourth-order valence-corrected chi connectivity index (χ4v) is 2.16. The van der Waals surface area contributed by atoms with Crippen LogP contribution in [0, 0.1) is 5.41 Å². The summed E-state index contributed by atoms with van der Waals surface area (Å²) in [6, 6.07) is 10.6. The fraction of sp³-hybridized carbons (Fsp3) is 0.294. The summed E-state index contributed by atoms with van der Waals surface area (Å²) in [4.78, 5) is 0. The topological polar surface area (TPSA) is 18.5 Å². The van der Waals surface area contributed by atoms with E-state index in [1.54, 1.807) is 0 Å². The van der Waals surface area contributed by atoms with Crippen LogP contribution in [-0.4, -0.2) is 6.79 Å². The van der Waals surface area contributed by atoms with Gasteiger partial charge in [0.25, 0.3) is 0 Å². The summed E-state index contributed by atoms with van der Waals surface area (Å²) in [6.07, 6.45) is 10.8. The molecule has 2 nitrogen and oxygen atoms in total. The summed E-state index contributed by atoms with van der Waals surface area (Å²) < 4.78 is 9.08. The Bertz CT molecular complexity index is 475. The Morgan fingerprint density at radius 2 is 1.68 bits per heavy atom. The van der Waals surface area contributed by atoms with E-state index in [1.807, 2.05) is 0 Å². The second kappa shape index (κ2) is 6.28. The Morgan fingerprint density at radius 3 is 2.21 bits per heavy atom. The van der Waals surface area contributed by atoms with Gasteiger partial charge in [-0.1, -0.05) is 62.4 Å². The lowest BCUT2D eigenvalue weighted by atomic mass is 9.75. The minimum Gasteiger partial charge on any atom is -0.462 e. The minimum atomic E-state index is 0.274. The predicted octanol–water partition coefficient (Wildman–Crippen LogP) is 4.52. The monoisotopic (exact) mass is 256 g/mol. The van der Waals surface area contributed by atoms with Gasteiger partial charge in [-0.25, -0.2) is 0 Å². The molecule has 0 saturated carbocycles. The summed E-state index contributed by atoms with van der Waals surface area (Å²) in [6.45, 7) is 4.99.